The van der Waals surface area contributed by atoms with Gasteiger partial charge in [-0.05, 0) is 24.2 Å². The van der Waals surface area contributed by atoms with Crippen LogP contribution in [0.25, 0.3) is 0 Å². The van der Waals surface area contributed by atoms with Crippen LogP contribution < -0.4 is 0 Å². The maximum absolute atomic E-state index is 7.59. The second-order valence-corrected chi connectivity index (χ2v) is 5.81. The van der Waals surface area contributed by atoms with E-state index in [4.69, 9.17) is 5.41 Å². The van der Waals surface area contributed by atoms with Crippen LogP contribution >= 0.6 is 0 Å². The Balaban J connectivity index is 4.61. The van der Waals surface area contributed by atoms with Crippen molar-refractivity contribution in [2.24, 2.45) is 16.7 Å². The molecule has 0 aliphatic heterocycles. The standard InChI is InChI=1S/C13H25N/c1-7-8-11(2)13(6,10-14)9-12(3,4)5/h7,10-11,14H,1,8-9H2,2-6H3/t11-,13-/m0/s1. The Kier molecular flexibility index (Phi) is 4.57. The summed E-state index contributed by atoms with van der Waals surface area (Å²) in [5, 5.41) is 7.59. The van der Waals surface area contributed by atoms with E-state index in [-0.39, 0.29) is 10.8 Å². The highest BCUT2D eigenvalue weighted by Crippen LogP contribution is 2.39. The van der Waals surface area contributed by atoms with Gasteiger partial charge < -0.3 is 5.41 Å². The van der Waals surface area contributed by atoms with Crippen LogP contribution in [0.5, 0.6) is 0 Å². The van der Waals surface area contributed by atoms with Crippen molar-refractivity contribution in [2.75, 3.05) is 0 Å². The van der Waals surface area contributed by atoms with Crippen molar-refractivity contribution in [3.8, 4) is 0 Å². The first-order valence-electron chi connectivity index (χ1n) is 5.38. The van der Waals surface area contributed by atoms with Crippen molar-refractivity contribution < 1.29 is 0 Å². The molecular formula is C13H25N. The average molecular weight is 195 g/mol. The predicted molar refractivity (Wildman–Crippen MR) is 64.9 cm³/mol. The van der Waals surface area contributed by atoms with Gasteiger partial charge in [-0.1, -0.05) is 40.7 Å². The lowest BCUT2D eigenvalue weighted by molar-refractivity contribution is 0.199. The second kappa shape index (κ2) is 4.77. The molecule has 0 radical (unpaired) electrons. The van der Waals surface area contributed by atoms with E-state index in [0.29, 0.717) is 5.92 Å². The highest BCUT2D eigenvalue weighted by Gasteiger charge is 2.32. The van der Waals surface area contributed by atoms with Crippen molar-refractivity contribution >= 4 is 6.21 Å². The fraction of sp³-hybridized carbons (Fsp3) is 0.769. The molecule has 1 heteroatoms. The first kappa shape index (κ1) is 13.4. The van der Waals surface area contributed by atoms with Crippen molar-refractivity contribution in [1.29, 1.82) is 5.41 Å². The Bertz CT molecular complexity index is 200. The topological polar surface area (TPSA) is 23.9 Å². The molecule has 0 rings (SSSR count). The summed E-state index contributed by atoms with van der Waals surface area (Å²) in [6, 6.07) is 0. The summed E-state index contributed by atoms with van der Waals surface area (Å²) in [6.45, 7) is 14.9. The van der Waals surface area contributed by atoms with Crippen LogP contribution in [0, 0.1) is 22.2 Å². The number of nitrogens with one attached hydrogen (secondary N) is 1. The van der Waals surface area contributed by atoms with Gasteiger partial charge in [0.25, 0.3) is 0 Å². The smallest absolute Gasteiger partial charge is 0.00548 e. The van der Waals surface area contributed by atoms with E-state index in [2.05, 4.69) is 41.2 Å². The monoisotopic (exact) mass is 195 g/mol. The molecule has 1 nitrogen and oxygen atoms in total. The molecule has 0 fully saturated rings. The molecular weight excluding hydrogens is 170 g/mol. The molecule has 0 aromatic heterocycles. The van der Waals surface area contributed by atoms with E-state index in [9.17, 15) is 0 Å². The van der Waals surface area contributed by atoms with Gasteiger partial charge in [0.15, 0.2) is 0 Å². The predicted octanol–water partition coefficient (Wildman–Crippen LogP) is 4.29. The lowest BCUT2D eigenvalue weighted by Gasteiger charge is -2.37. The fourth-order valence-electron chi connectivity index (χ4n) is 2.03. The van der Waals surface area contributed by atoms with E-state index >= 15 is 0 Å². The first-order chi connectivity index (χ1) is 6.25. The minimum absolute atomic E-state index is 0.00639. The molecule has 1 N–H and O–H groups in total. The molecule has 0 unspecified atom stereocenters. The third kappa shape index (κ3) is 4.08. The van der Waals surface area contributed by atoms with Crippen molar-refractivity contribution in [2.45, 2.75) is 47.5 Å². The molecule has 0 saturated carbocycles. The van der Waals surface area contributed by atoms with Crippen LogP contribution in [-0.4, -0.2) is 6.21 Å². The van der Waals surface area contributed by atoms with E-state index < -0.39 is 0 Å². The fourth-order valence-corrected chi connectivity index (χ4v) is 2.03. The minimum Gasteiger partial charge on any atom is -0.313 e. The Hall–Kier alpha value is -0.590. The maximum atomic E-state index is 7.59. The maximum Gasteiger partial charge on any atom is 0.00548 e. The molecule has 0 aromatic carbocycles. The van der Waals surface area contributed by atoms with Crippen LogP contribution in [0.2, 0.25) is 0 Å². The van der Waals surface area contributed by atoms with Crippen molar-refractivity contribution in [1.82, 2.24) is 0 Å². The molecule has 0 bridgehead atoms. The average Bonchev–Trinajstić information content (AvgIpc) is 2.01. The van der Waals surface area contributed by atoms with Gasteiger partial charge in [-0.3, -0.25) is 0 Å². The Morgan fingerprint density at radius 3 is 2.07 bits per heavy atom. The lowest BCUT2D eigenvalue weighted by Crippen LogP contribution is -2.31. The quantitative estimate of drug-likeness (QED) is 0.500. The Morgan fingerprint density at radius 1 is 1.29 bits per heavy atom. The summed E-state index contributed by atoms with van der Waals surface area (Å²) in [5.74, 6) is 0.497. The number of hydrogen-bond acceptors (Lipinski definition) is 1. The third-order valence-corrected chi connectivity index (χ3v) is 2.89. The number of rotatable bonds is 5. The number of allylic oxidation sites excluding steroid dienone is 1. The zero-order valence-corrected chi connectivity index (χ0v) is 10.4. The summed E-state index contributed by atoms with van der Waals surface area (Å²) in [4.78, 5) is 0. The lowest BCUT2D eigenvalue weighted by atomic mass is 9.68. The zero-order valence-electron chi connectivity index (χ0n) is 10.4. The molecule has 2 atom stereocenters. The van der Waals surface area contributed by atoms with Gasteiger partial charge in [-0.25, -0.2) is 0 Å². The minimum atomic E-state index is 0.00639. The molecule has 0 aliphatic rings. The van der Waals surface area contributed by atoms with Crippen LogP contribution in [0.1, 0.15) is 47.5 Å². The highest BCUT2D eigenvalue weighted by atomic mass is 14.5. The van der Waals surface area contributed by atoms with Gasteiger partial charge in [0.1, 0.15) is 0 Å². The summed E-state index contributed by atoms with van der Waals surface area (Å²) >= 11 is 0. The molecule has 14 heavy (non-hydrogen) atoms. The summed E-state index contributed by atoms with van der Waals surface area (Å²) in [6.07, 6.45) is 5.61. The van der Waals surface area contributed by atoms with E-state index in [0.717, 1.165) is 12.8 Å². The normalized spacial score (nSPS) is 18.4. The van der Waals surface area contributed by atoms with Gasteiger partial charge in [0.05, 0.1) is 0 Å². The largest absolute Gasteiger partial charge is 0.313 e. The Labute approximate surface area is 89.1 Å². The van der Waals surface area contributed by atoms with Gasteiger partial charge in [-0.2, -0.15) is 0 Å². The number of hydrogen-bond donors (Lipinski definition) is 1. The zero-order chi connectivity index (χ0) is 11.4. The van der Waals surface area contributed by atoms with E-state index in [1.165, 1.54) is 0 Å². The first-order valence-corrected chi connectivity index (χ1v) is 5.38. The van der Waals surface area contributed by atoms with Crippen LogP contribution in [0.15, 0.2) is 12.7 Å². The van der Waals surface area contributed by atoms with Crippen molar-refractivity contribution in [3.63, 3.8) is 0 Å². The van der Waals surface area contributed by atoms with Gasteiger partial charge in [-0.15, -0.1) is 6.58 Å². The van der Waals surface area contributed by atoms with Gasteiger partial charge in [0.2, 0.25) is 0 Å². The molecule has 82 valence electrons. The second-order valence-electron chi connectivity index (χ2n) is 5.81. The summed E-state index contributed by atoms with van der Waals surface area (Å²) in [5.41, 5.74) is 0.286. The molecule has 0 saturated heterocycles. The molecule has 0 spiro atoms. The van der Waals surface area contributed by atoms with Crippen LogP contribution in [0.4, 0.5) is 0 Å². The molecule has 0 heterocycles. The van der Waals surface area contributed by atoms with Gasteiger partial charge >= 0.3 is 0 Å². The SMILES string of the molecule is C=CC[C@H](C)[C@](C)(C=N)CC(C)(C)C. The van der Waals surface area contributed by atoms with Crippen LogP contribution in [-0.2, 0) is 0 Å². The Morgan fingerprint density at radius 2 is 1.79 bits per heavy atom. The van der Waals surface area contributed by atoms with Crippen molar-refractivity contribution in [3.05, 3.63) is 12.7 Å². The third-order valence-electron chi connectivity index (χ3n) is 2.89. The summed E-state index contributed by atoms with van der Waals surface area (Å²) < 4.78 is 0. The van der Waals surface area contributed by atoms with Crippen LogP contribution in [0.3, 0.4) is 0 Å². The molecule has 0 aliphatic carbocycles. The highest BCUT2D eigenvalue weighted by molar-refractivity contribution is 5.62. The summed E-state index contributed by atoms with van der Waals surface area (Å²) in [7, 11) is 0. The van der Waals surface area contributed by atoms with E-state index in [1.54, 1.807) is 6.21 Å². The molecule has 0 amide bonds. The van der Waals surface area contributed by atoms with E-state index in [1.807, 2.05) is 6.08 Å². The van der Waals surface area contributed by atoms with Gasteiger partial charge in [0, 0.05) is 11.6 Å². The molecule has 0 aromatic rings.